The summed E-state index contributed by atoms with van der Waals surface area (Å²) in [5.41, 5.74) is 0. The lowest BCUT2D eigenvalue weighted by atomic mass is 10.3. The van der Waals surface area contributed by atoms with E-state index in [1.165, 1.54) is 0 Å². The summed E-state index contributed by atoms with van der Waals surface area (Å²) >= 11 is 3.33. The van der Waals surface area contributed by atoms with E-state index in [0.29, 0.717) is 18.8 Å². The van der Waals surface area contributed by atoms with E-state index < -0.39 is 0 Å². The standard InChI is InChI=1S/C12H15BrN2O2/c1-2-12(16)15-6-5-10(8-15)17-11-4-3-9(13)7-14-11/h3-4,7,10H,2,5-6,8H2,1H3/t10-/m1/s1. The molecule has 1 saturated heterocycles. The molecule has 0 saturated carbocycles. The minimum atomic E-state index is 0.0687. The predicted molar refractivity (Wildman–Crippen MR) is 67.8 cm³/mol. The van der Waals surface area contributed by atoms with Crippen molar-refractivity contribution in [2.24, 2.45) is 0 Å². The molecule has 4 nitrogen and oxygen atoms in total. The van der Waals surface area contributed by atoms with Gasteiger partial charge in [0, 0.05) is 36.1 Å². The number of likely N-dealkylation sites (tertiary alicyclic amines) is 1. The molecular formula is C12H15BrN2O2. The molecule has 0 aromatic carbocycles. The maximum Gasteiger partial charge on any atom is 0.222 e. The van der Waals surface area contributed by atoms with Crippen molar-refractivity contribution in [3.05, 3.63) is 22.8 Å². The second-order valence-corrected chi connectivity index (χ2v) is 4.95. The van der Waals surface area contributed by atoms with E-state index in [9.17, 15) is 4.79 Å². The first-order valence-electron chi connectivity index (χ1n) is 5.75. The minimum Gasteiger partial charge on any atom is -0.472 e. The molecule has 1 aliphatic heterocycles. The molecule has 0 aliphatic carbocycles. The van der Waals surface area contributed by atoms with Gasteiger partial charge < -0.3 is 9.64 Å². The number of carbonyl (C=O) groups excluding carboxylic acids is 1. The van der Waals surface area contributed by atoms with Gasteiger partial charge in [-0.15, -0.1) is 0 Å². The lowest BCUT2D eigenvalue weighted by Gasteiger charge is -2.16. The zero-order valence-electron chi connectivity index (χ0n) is 9.73. The van der Waals surface area contributed by atoms with Gasteiger partial charge in [-0.05, 0) is 22.0 Å². The van der Waals surface area contributed by atoms with Crippen molar-refractivity contribution in [3.63, 3.8) is 0 Å². The summed E-state index contributed by atoms with van der Waals surface area (Å²) in [5, 5.41) is 0. The number of nitrogens with zero attached hydrogens (tertiary/aromatic N) is 2. The van der Waals surface area contributed by atoms with Crippen LogP contribution in [0.25, 0.3) is 0 Å². The van der Waals surface area contributed by atoms with Crippen LogP contribution in [-0.2, 0) is 4.79 Å². The monoisotopic (exact) mass is 298 g/mol. The SMILES string of the molecule is CCC(=O)N1CC[C@@H](Oc2ccc(Br)cn2)C1. The lowest BCUT2D eigenvalue weighted by Crippen LogP contribution is -2.30. The van der Waals surface area contributed by atoms with E-state index in [1.807, 2.05) is 24.0 Å². The van der Waals surface area contributed by atoms with Crippen LogP contribution < -0.4 is 4.74 Å². The van der Waals surface area contributed by atoms with Gasteiger partial charge in [0.1, 0.15) is 6.10 Å². The van der Waals surface area contributed by atoms with E-state index in [4.69, 9.17) is 4.74 Å². The molecule has 17 heavy (non-hydrogen) atoms. The van der Waals surface area contributed by atoms with Gasteiger partial charge in [-0.25, -0.2) is 4.98 Å². The Balaban J connectivity index is 1.89. The zero-order chi connectivity index (χ0) is 12.3. The molecule has 2 heterocycles. The van der Waals surface area contributed by atoms with E-state index >= 15 is 0 Å². The second kappa shape index (κ2) is 5.49. The maximum atomic E-state index is 11.5. The first-order chi connectivity index (χ1) is 8.19. The van der Waals surface area contributed by atoms with Crippen LogP contribution in [0.2, 0.25) is 0 Å². The number of amides is 1. The predicted octanol–water partition coefficient (Wildman–Crippen LogP) is 2.23. The molecule has 0 radical (unpaired) electrons. The lowest BCUT2D eigenvalue weighted by molar-refractivity contribution is -0.130. The Morgan fingerprint density at radius 3 is 3.12 bits per heavy atom. The molecule has 1 amide bonds. The molecule has 0 spiro atoms. The van der Waals surface area contributed by atoms with Crippen molar-refractivity contribution in [3.8, 4) is 5.88 Å². The number of ether oxygens (including phenoxy) is 1. The summed E-state index contributed by atoms with van der Waals surface area (Å²) in [5.74, 6) is 0.809. The molecule has 5 heteroatoms. The number of aromatic nitrogens is 1. The number of carbonyl (C=O) groups is 1. The van der Waals surface area contributed by atoms with E-state index in [-0.39, 0.29) is 12.0 Å². The minimum absolute atomic E-state index is 0.0687. The average Bonchev–Trinajstić information content (AvgIpc) is 2.80. The molecule has 2 rings (SSSR count). The van der Waals surface area contributed by atoms with Crippen LogP contribution in [0.15, 0.2) is 22.8 Å². The van der Waals surface area contributed by atoms with Gasteiger partial charge in [0.15, 0.2) is 0 Å². The number of halogens is 1. The molecular weight excluding hydrogens is 284 g/mol. The van der Waals surface area contributed by atoms with E-state index in [1.54, 1.807) is 6.20 Å². The summed E-state index contributed by atoms with van der Waals surface area (Å²) < 4.78 is 6.66. The highest BCUT2D eigenvalue weighted by atomic mass is 79.9. The summed E-state index contributed by atoms with van der Waals surface area (Å²) in [6.45, 7) is 3.34. The van der Waals surface area contributed by atoms with Gasteiger partial charge in [0.2, 0.25) is 11.8 Å². The first-order valence-corrected chi connectivity index (χ1v) is 6.54. The van der Waals surface area contributed by atoms with Crippen LogP contribution >= 0.6 is 15.9 Å². The Morgan fingerprint density at radius 1 is 1.65 bits per heavy atom. The third-order valence-electron chi connectivity index (χ3n) is 2.79. The summed E-state index contributed by atoms with van der Waals surface area (Å²) in [7, 11) is 0. The summed E-state index contributed by atoms with van der Waals surface area (Å²) in [6, 6.07) is 3.72. The molecule has 1 aromatic rings. The molecule has 1 aliphatic rings. The number of hydrogen-bond donors (Lipinski definition) is 0. The second-order valence-electron chi connectivity index (χ2n) is 4.04. The van der Waals surface area contributed by atoms with E-state index in [2.05, 4.69) is 20.9 Å². The average molecular weight is 299 g/mol. The Kier molecular flexibility index (Phi) is 3.99. The van der Waals surface area contributed by atoms with Crippen molar-refractivity contribution in [2.75, 3.05) is 13.1 Å². The fourth-order valence-corrected chi connectivity index (χ4v) is 2.11. The van der Waals surface area contributed by atoms with Crippen molar-refractivity contribution >= 4 is 21.8 Å². The van der Waals surface area contributed by atoms with Crippen LogP contribution in [0.4, 0.5) is 0 Å². The Bertz CT molecular complexity index is 394. The number of hydrogen-bond acceptors (Lipinski definition) is 3. The van der Waals surface area contributed by atoms with Crippen molar-refractivity contribution in [1.82, 2.24) is 9.88 Å². The van der Waals surface area contributed by atoms with Crippen LogP contribution in [0.5, 0.6) is 5.88 Å². The molecule has 1 fully saturated rings. The molecule has 0 bridgehead atoms. The molecule has 1 aromatic heterocycles. The Labute approximate surface area is 109 Å². The highest BCUT2D eigenvalue weighted by Crippen LogP contribution is 2.18. The third kappa shape index (κ3) is 3.19. The van der Waals surface area contributed by atoms with Gasteiger partial charge in [-0.1, -0.05) is 6.92 Å². The van der Waals surface area contributed by atoms with Crippen LogP contribution in [0, 0.1) is 0 Å². The summed E-state index contributed by atoms with van der Waals surface area (Å²) in [4.78, 5) is 17.5. The number of rotatable bonds is 3. The smallest absolute Gasteiger partial charge is 0.222 e. The van der Waals surface area contributed by atoms with Crippen molar-refractivity contribution in [2.45, 2.75) is 25.9 Å². The Hall–Kier alpha value is -1.10. The third-order valence-corrected chi connectivity index (χ3v) is 3.26. The number of pyridine rings is 1. The van der Waals surface area contributed by atoms with Crippen molar-refractivity contribution < 1.29 is 9.53 Å². The normalized spacial score (nSPS) is 19.4. The summed E-state index contributed by atoms with van der Waals surface area (Å²) in [6.07, 6.45) is 3.21. The van der Waals surface area contributed by atoms with Gasteiger partial charge in [0.05, 0.1) is 6.54 Å². The molecule has 0 N–H and O–H groups in total. The highest BCUT2D eigenvalue weighted by Gasteiger charge is 2.26. The fourth-order valence-electron chi connectivity index (χ4n) is 1.88. The van der Waals surface area contributed by atoms with Crippen LogP contribution in [0.3, 0.4) is 0 Å². The van der Waals surface area contributed by atoms with Crippen LogP contribution in [0.1, 0.15) is 19.8 Å². The zero-order valence-corrected chi connectivity index (χ0v) is 11.3. The van der Waals surface area contributed by atoms with Gasteiger partial charge >= 0.3 is 0 Å². The van der Waals surface area contributed by atoms with Gasteiger partial charge in [-0.2, -0.15) is 0 Å². The van der Waals surface area contributed by atoms with Gasteiger partial charge in [-0.3, -0.25) is 4.79 Å². The molecule has 1 atom stereocenters. The highest BCUT2D eigenvalue weighted by molar-refractivity contribution is 9.10. The van der Waals surface area contributed by atoms with Gasteiger partial charge in [0.25, 0.3) is 0 Å². The fraction of sp³-hybridized carbons (Fsp3) is 0.500. The topological polar surface area (TPSA) is 42.4 Å². The first kappa shape index (κ1) is 12.4. The molecule has 92 valence electrons. The largest absolute Gasteiger partial charge is 0.472 e. The van der Waals surface area contributed by atoms with E-state index in [0.717, 1.165) is 17.4 Å². The van der Waals surface area contributed by atoms with Crippen molar-refractivity contribution in [1.29, 1.82) is 0 Å². The Morgan fingerprint density at radius 2 is 2.47 bits per heavy atom. The molecule has 0 unspecified atom stereocenters. The maximum absolute atomic E-state index is 11.5. The quantitative estimate of drug-likeness (QED) is 0.859. The van der Waals surface area contributed by atoms with Crippen LogP contribution in [-0.4, -0.2) is 35.0 Å².